The largest absolute Gasteiger partial charge is 0.489 e. The van der Waals surface area contributed by atoms with Crippen molar-refractivity contribution in [1.82, 2.24) is 5.32 Å². The minimum Gasteiger partial charge on any atom is -0.489 e. The van der Waals surface area contributed by atoms with Crippen LogP contribution in [0.5, 0.6) is 5.75 Å². The molecule has 1 aliphatic heterocycles. The van der Waals surface area contributed by atoms with Gasteiger partial charge in [-0.2, -0.15) is 0 Å². The van der Waals surface area contributed by atoms with Crippen LogP contribution in [-0.4, -0.2) is 25.6 Å². The Balaban J connectivity index is 1.65. The average Bonchev–Trinajstić information content (AvgIpc) is 2.53. The Labute approximate surface area is 126 Å². The highest BCUT2D eigenvalue weighted by Gasteiger charge is 2.23. The van der Waals surface area contributed by atoms with Crippen LogP contribution in [0.4, 0.5) is 5.69 Å². The lowest BCUT2D eigenvalue weighted by Gasteiger charge is -2.29. The smallest absolute Gasteiger partial charge is 0.255 e. The minimum atomic E-state index is -0.0201. The topological polar surface area (TPSA) is 50.4 Å². The molecular weight excluding hydrogens is 264 g/mol. The van der Waals surface area contributed by atoms with Gasteiger partial charge >= 0.3 is 0 Å². The Morgan fingerprint density at radius 2 is 2.24 bits per heavy atom. The Kier molecular flexibility index (Phi) is 4.32. The van der Waals surface area contributed by atoms with Gasteiger partial charge in [-0.05, 0) is 30.4 Å². The summed E-state index contributed by atoms with van der Waals surface area (Å²) in [7, 11) is 0. The molecule has 4 heteroatoms. The number of hydrogen-bond donors (Lipinski definition) is 2. The molecule has 2 atom stereocenters. The first kappa shape index (κ1) is 14.2. The van der Waals surface area contributed by atoms with Gasteiger partial charge < -0.3 is 15.4 Å². The molecule has 21 heavy (non-hydrogen) atoms. The summed E-state index contributed by atoms with van der Waals surface area (Å²) < 4.78 is 5.67. The Bertz CT molecular complexity index is 516. The van der Waals surface area contributed by atoms with E-state index in [1.54, 1.807) is 0 Å². The van der Waals surface area contributed by atoms with Gasteiger partial charge in [0.15, 0.2) is 5.75 Å². The van der Waals surface area contributed by atoms with E-state index < -0.39 is 0 Å². The van der Waals surface area contributed by atoms with Crippen molar-refractivity contribution >= 4 is 11.6 Å². The molecule has 4 nitrogen and oxygen atoms in total. The second-order valence-electron chi connectivity index (χ2n) is 6.19. The lowest BCUT2D eigenvalue weighted by molar-refractivity contribution is 0.0932. The van der Waals surface area contributed by atoms with Gasteiger partial charge in [-0.25, -0.2) is 0 Å². The van der Waals surface area contributed by atoms with Gasteiger partial charge in [0.2, 0.25) is 0 Å². The number of ether oxygens (including phenoxy) is 1. The molecule has 0 aromatic heterocycles. The number of rotatable bonds is 3. The average molecular weight is 288 g/mol. The van der Waals surface area contributed by atoms with Gasteiger partial charge in [0, 0.05) is 13.1 Å². The van der Waals surface area contributed by atoms with Crippen molar-refractivity contribution in [2.24, 2.45) is 11.8 Å². The summed E-state index contributed by atoms with van der Waals surface area (Å²) in [5, 5.41) is 6.37. The molecule has 0 radical (unpaired) electrons. The molecular formula is C17H24N2O2. The van der Waals surface area contributed by atoms with Crippen LogP contribution < -0.4 is 15.4 Å². The third-order valence-electron chi connectivity index (χ3n) is 4.74. The number of fused-ring (bicyclic) bond motifs is 1. The number of anilines is 1. The quantitative estimate of drug-likeness (QED) is 0.899. The van der Waals surface area contributed by atoms with E-state index in [0.717, 1.165) is 18.8 Å². The molecule has 1 heterocycles. The molecule has 1 amide bonds. The van der Waals surface area contributed by atoms with E-state index in [0.29, 0.717) is 29.8 Å². The maximum Gasteiger partial charge on any atom is 0.255 e. The Morgan fingerprint density at radius 1 is 1.38 bits per heavy atom. The van der Waals surface area contributed by atoms with Gasteiger partial charge in [-0.15, -0.1) is 0 Å². The van der Waals surface area contributed by atoms with Crippen molar-refractivity contribution in [1.29, 1.82) is 0 Å². The first-order valence-electron chi connectivity index (χ1n) is 8.03. The van der Waals surface area contributed by atoms with Gasteiger partial charge in [0.1, 0.15) is 6.61 Å². The van der Waals surface area contributed by atoms with Crippen LogP contribution in [0.2, 0.25) is 0 Å². The predicted molar refractivity (Wildman–Crippen MR) is 83.9 cm³/mol. The number of para-hydroxylation sites is 1. The number of amides is 1. The highest BCUT2D eigenvalue weighted by Crippen LogP contribution is 2.32. The lowest BCUT2D eigenvalue weighted by atomic mass is 9.80. The molecule has 1 aliphatic carbocycles. The highest BCUT2D eigenvalue weighted by atomic mass is 16.5. The van der Waals surface area contributed by atoms with Gasteiger partial charge in [0.05, 0.1) is 11.3 Å². The summed E-state index contributed by atoms with van der Waals surface area (Å²) in [5.74, 6) is 1.99. The lowest BCUT2D eigenvalue weighted by Crippen LogP contribution is -2.34. The van der Waals surface area contributed by atoms with Crippen molar-refractivity contribution in [3.8, 4) is 5.75 Å². The molecule has 3 rings (SSSR count). The molecule has 0 bridgehead atoms. The first-order chi connectivity index (χ1) is 10.3. The summed E-state index contributed by atoms with van der Waals surface area (Å²) in [6, 6.07) is 5.69. The van der Waals surface area contributed by atoms with Gasteiger partial charge in [0.25, 0.3) is 5.91 Å². The van der Waals surface area contributed by atoms with E-state index in [1.807, 2.05) is 18.2 Å². The fraction of sp³-hybridized carbons (Fsp3) is 0.588. The summed E-state index contributed by atoms with van der Waals surface area (Å²) >= 11 is 0. The van der Waals surface area contributed by atoms with E-state index in [1.165, 1.54) is 25.7 Å². The third-order valence-corrected chi connectivity index (χ3v) is 4.74. The van der Waals surface area contributed by atoms with Crippen molar-refractivity contribution in [2.45, 2.75) is 32.6 Å². The predicted octanol–water partition coefficient (Wildman–Crippen LogP) is 3.05. The summed E-state index contributed by atoms with van der Waals surface area (Å²) in [6.07, 6.45) is 5.14. The van der Waals surface area contributed by atoms with Crippen molar-refractivity contribution in [2.75, 3.05) is 25.0 Å². The van der Waals surface area contributed by atoms with Crippen molar-refractivity contribution < 1.29 is 9.53 Å². The maximum atomic E-state index is 12.4. The van der Waals surface area contributed by atoms with Crippen LogP contribution in [0.15, 0.2) is 18.2 Å². The SMILES string of the molecule is CC1CCCCC1CNC(=O)c1cccc2c1OCCN2. The molecule has 114 valence electrons. The maximum absolute atomic E-state index is 12.4. The van der Waals surface area contributed by atoms with Crippen LogP contribution in [0.3, 0.4) is 0 Å². The molecule has 2 N–H and O–H groups in total. The molecule has 2 aliphatic rings. The highest BCUT2D eigenvalue weighted by molar-refractivity contribution is 5.98. The molecule has 0 spiro atoms. The first-order valence-corrected chi connectivity index (χ1v) is 8.03. The second-order valence-corrected chi connectivity index (χ2v) is 6.19. The second kappa shape index (κ2) is 6.37. The molecule has 2 unspecified atom stereocenters. The van der Waals surface area contributed by atoms with E-state index in [9.17, 15) is 4.79 Å². The summed E-state index contributed by atoms with van der Waals surface area (Å²) in [5.41, 5.74) is 1.56. The number of benzene rings is 1. The van der Waals surface area contributed by atoms with Crippen LogP contribution in [-0.2, 0) is 0 Å². The fourth-order valence-corrected chi connectivity index (χ4v) is 3.36. The molecule has 1 aromatic rings. The zero-order chi connectivity index (χ0) is 14.7. The van der Waals surface area contributed by atoms with Crippen molar-refractivity contribution in [3.05, 3.63) is 23.8 Å². The Morgan fingerprint density at radius 3 is 3.10 bits per heavy atom. The van der Waals surface area contributed by atoms with Crippen LogP contribution in [0.25, 0.3) is 0 Å². The van der Waals surface area contributed by atoms with Crippen LogP contribution in [0, 0.1) is 11.8 Å². The van der Waals surface area contributed by atoms with Gasteiger partial charge in [-0.3, -0.25) is 4.79 Å². The summed E-state index contributed by atoms with van der Waals surface area (Å²) in [6.45, 7) is 4.47. The van der Waals surface area contributed by atoms with Gasteiger partial charge in [-0.1, -0.05) is 32.3 Å². The zero-order valence-electron chi connectivity index (χ0n) is 12.7. The zero-order valence-corrected chi connectivity index (χ0v) is 12.7. The summed E-state index contributed by atoms with van der Waals surface area (Å²) in [4.78, 5) is 12.4. The number of hydrogen-bond acceptors (Lipinski definition) is 3. The molecule has 1 aromatic carbocycles. The molecule has 0 saturated heterocycles. The monoisotopic (exact) mass is 288 g/mol. The molecule has 1 fully saturated rings. The van der Waals surface area contributed by atoms with E-state index >= 15 is 0 Å². The van der Waals surface area contributed by atoms with E-state index in [-0.39, 0.29) is 5.91 Å². The van der Waals surface area contributed by atoms with E-state index in [2.05, 4.69) is 17.6 Å². The normalized spacial score (nSPS) is 24.4. The third kappa shape index (κ3) is 3.14. The number of nitrogens with one attached hydrogen (secondary N) is 2. The molecule has 1 saturated carbocycles. The van der Waals surface area contributed by atoms with Crippen LogP contribution >= 0.6 is 0 Å². The van der Waals surface area contributed by atoms with Crippen LogP contribution in [0.1, 0.15) is 43.0 Å². The van der Waals surface area contributed by atoms with Crippen molar-refractivity contribution in [3.63, 3.8) is 0 Å². The number of carbonyl (C=O) groups is 1. The minimum absolute atomic E-state index is 0.0201. The standard InChI is InChI=1S/C17H24N2O2/c1-12-5-2-3-6-13(12)11-19-17(20)14-7-4-8-15-16(14)21-10-9-18-15/h4,7-8,12-13,18H,2-3,5-6,9-11H2,1H3,(H,19,20). The Hall–Kier alpha value is -1.71. The fourth-order valence-electron chi connectivity index (χ4n) is 3.36. The number of carbonyl (C=O) groups excluding carboxylic acids is 1. The van der Waals surface area contributed by atoms with E-state index in [4.69, 9.17) is 4.74 Å².